The molecule has 15 heavy (non-hydrogen) atoms. The van der Waals surface area contributed by atoms with Crippen molar-refractivity contribution in [1.82, 2.24) is 4.98 Å². The van der Waals surface area contributed by atoms with Crippen LogP contribution in [-0.4, -0.2) is 18.0 Å². The Morgan fingerprint density at radius 2 is 1.93 bits per heavy atom. The maximum atomic E-state index is 11.0. The van der Waals surface area contributed by atoms with E-state index >= 15 is 0 Å². The third kappa shape index (κ3) is 1.84. The van der Waals surface area contributed by atoms with Gasteiger partial charge in [-0.15, -0.1) is 0 Å². The summed E-state index contributed by atoms with van der Waals surface area (Å²) in [5.41, 5.74) is 1.01. The summed E-state index contributed by atoms with van der Waals surface area (Å²) in [5, 5.41) is 0.690. The molecule has 0 saturated carbocycles. The summed E-state index contributed by atoms with van der Waals surface area (Å²) in [6, 6.07) is 8.56. The SMILES string of the molecule is Cc1nc2ccccc2cc1S(=O)(=O)O. The number of aromatic nitrogens is 1. The normalized spacial score (nSPS) is 11.9. The molecule has 0 unspecified atom stereocenters. The van der Waals surface area contributed by atoms with Crippen LogP contribution in [0.5, 0.6) is 0 Å². The zero-order valence-electron chi connectivity index (χ0n) is 8.01. The molecule has 0 aliphatic heterocycles. The van der Waals surface area contributed by atoms with Crippen LogP contribution in [0.15, 0.2) is 35.2 Å². The van der Waals surface area contributed by atoms with Crippen molar-refractivity contribution in [3.63, 3.8) is 0 Å². The number of aryl methyl sites for hydroxylation is 1. The van der Waals surface area contributed by atoms with Crippen LogP contribution >= 0.6 is 0 Å². The number of rotatable bonds is 1. The summed E-state index contributed by atoms with van der Waals surface area (Å²) >= 11 is 0. The summed E-state index contributed by atoms with van der Waals surface area (Å²) in [6.45, 7) is 1.55. The molecule has 0 saturated heterocycles. The maximum Gasteiger partial charge on any atom is 0.296 e. The minimum atomic E-state index is -4.19. The van der Waals surface area contributed by atoms with E-state index < -0.39 is 10.1 Å². The number of hydrogen-bond donors (Lipinski definition) is 1. The predicted octanol–water partition coefficient (Wildman–Crippen LogP) is 1.79. The highest BCUT2D eigenvalue weighted by molar-refractivity contribution is 7.85. The molecule has 0 bridgehead atoms. The Kier molecular flexibility index (Phi) is 2.21. The molecule has 0 fully saturated rings. The van der Waals surface area contributed by atoms with Crippen molar-refractivity contribution in [2.75, 3.05) is 0 Å². The second-order valence-corrected chi connectivity index (χ2v) is 4.63. The van der Waals surface area contributed by atoms with Gasteiger partial charge in [0.2, 0.25) is 0 Å². The number of para-hydroxylation sites is 1. The Morgan fingerprint density at radius 1 is 1.27 bits per heavy atom. The second kappa shape index (κ2) is 3.29. The first-order valence-electron chi connectivity index (χ1n) is 4.32. The van der Waals surface area contributed by atoms with Gasteiger partial charge in [0.25, 0.3) is 10.1 Å². The second-order valence-electron chi connectivity index (χ2n) is 3.24. The van der Waals surface area contributed by atoms with Crippen LogP contribution in [0, 0.1) is 6.92 Å². The fourth-order valence-electron chi connectivity index (χ4n) is 1.45. The van der Waals surface area contributed by atoms with Crippen LogP contribution in [0.4, 0.5) is 0 Å². The molecule has 78 valence electrons. The van der Waals surface area contributed by atoms with Gasteiger partial charge in [0.05, 0.1) is 11.2 Å². The van der Waals surface area contributed by atoms with Gasteiger partial charge in [-0.25, -0.2) is 0 Å². The van der Waals surface area contributed by atoms with Crippen LogP contribution in [0.1, 0.15) is 5.69 Å². The van der Waals surface area contributed by atoms with Gasteiger partial charge in [0.1, 0.15) is 4.90 Å². The topological polar surface area (TPSA) is 67.3 Å². The quantitative estimate of drug-likeness (QED) is 0.748. The molecule has 5 heteroatoms. The van der Waals surface area contributed by atoms with Crippen LogP contribution in [0.25, 0.3) is 10.9 Å². The highest BCUT2D eigenvalue weighted by atomic mass is 32.2. The van der Waals surface area contributed by atoms with E-state index in [0.29, 0.717) is 16.6 Å². The average molecular weight is 223 g/mol. The molecular weight excluding hydrogens is 214 g/mol. The lowest BCUT2D eigenvalue weighted by Gasteiger charge is -2.03. The van der Waals surface area contributed by atoms with E-state index in [1.807, 2.05) is 6.07 Å². The molecule has 1 aromatic heterocycles. The Bertz CT molecular complexity index is 620. The largest absolute Gasteiger partial charge is 0.296 e. The van der Waals surface area contributed by atoms with Crippen LogP contribution in [0.3, 0.4) is 0 Å². The summed E-state index contributed by atoms with van der Waals surface area (Å²) in [5.74, 6) is 0. The molecule has 1 heterocycles. The smallest absolute Gasteiger partial charge is 0.282 e. The fraction of sp³-hybridized carbons (Fsp3) is 0.100. The lowest BCUT2D eigenvalue weighted by atomic mass is 10.2. The number of pyridine rings is 1. The molecular formula is C10H9NO3S. The van der Waals surface area contributed by atoms with Crippen LogP contribution in [0.2, 0.25) is 0 Å². The van der Waals surface area contributed by atoms with Gasteiger partial charge >= 0.3 is 0 Å². The van der Waals surface area contributed by atoms with Crippen molar-refractivity contribution >= 4 is 21.0 Å². The molecule has 0 radical (unpaired) electrons. The first-order valence-corrected chi connectivity index (χ1v) is 5.76. The van der Waals surface area contributed by atoms with Crippen molar-refractivity contribution in [2.45, 2.75) is 11.8 Å². The van der Waals surface area contributed by atoms with Gasteiger partial charge in [0, 0.05) is 5.39 Å². The van der Waals surface area contributed by atoms with E-state index in [9.17, 15) is 8.42 Å². The molecule has 0 amide bonds. The van der Waals surface area contributed by atoms with Gasteiger partial charge in [0.15, 0.2) is 0 Å². The number of benzene rings is 1. The summed E-state index contributed by atoms with van der Waals surface area (Å²) < 4.78 is 31.0. The monoisotopic (exact) mass is 223 g/mol. The first kappa shape index (κ1) is 10.1. The van der Waals surface area contributed by atoms with Crippen molar-refractivity contribution in [2.24, 2.45) is 0 Å². The van der Waals surface area contributed by atoms with E-state index in [2.05, 4.69) is 4.98 Å². The third-order valence-electron chi connectivity index (χ3n) is 2.15. The number of nitrogens with zero attached hydrogens (tertiary/aromatic N) is 1. The van der Waals surface area contributed by atoms with E-state index in [1.54, 1.807) is 25.1 Å². The van der Waals surface area contributed by atoms with Gasteiger partial charge in [-0.1, -0.05) is 18.2 Å². The Balaban J connectivity index is 2.84. The van der Waals surface area contributed by atoms with E-state index in [0.717, 1.165) is 0 Å². The minimum Gasteiger partial charge on any atom is -0.282 e. The van der Waals surface area contributed by atoms with Crippen LogP contribution < -0.4 is 0 Å². The highest BCUT2D eigenvalue weighted by Crippen LogP contribution is 2.19. The van der Waals surface area contributed by atoms with Gasteiger partial charge < -0.3 is 0 Å². The molecule has 4 nitrogen and oxygen atoms in total. The van der Waals surface area contributed by atoms with Gasteiger partial charge in [-0.2, -0.15) is 8.42 Å². The van der Waals surface area contributed by atoms with Crippen molar-refractivity contribution in [1.29, 1.82) is 0 Å². The molecule has 2 aromatic rings. The first-order chi connectivity index (χ1) is 6.98. The predicted molar refractivity (Wildman–Crippen MR) is 56.3 cm³/mol. The molecule has 0 spiro atoms. The molecule has 1 N–H and O–H groups in total. The van der Waals surface area contributed by atoms with Gasteiger partial charge in [-0.3, -0.25) is 9.54 Å². The van der Waals surface area contributed by atoms with Crippen molar-refractivity contribution in [3.05, 3.63) is 36.0 Å². The third-order valence-corrected chi connectivity index (χ3v) is 3.12. The van der Waals surface area contributed by atoms with Crippen molar-refractivity contribution in [3.8, 4) is 0 Å². The summed E-state index contributed by atoms with van der Waals surface area (Å²) in [6.07, 6.45) is 0. The zero-order chi connectivity index (χ0) is 11.1. The van der Waals surface area contributed by atoms with Gasteiger partial charge in [-0.05, 0) is 19.1 Å². The summed E-state index contributed by atoms with van der Waals surface area (Å²) in [4.78, 5) is 3.97. The minimum absolute atomic E-state index is 0.138. The fourth-order valence-corrected chi connectivity index (χ4v) is 2.15. The Hall–Kier alpha value is -1.46. The number of hydrogen-bond acceptors (Lipinski definition) is 3. The lowest BCUT2D eigenvalue weighted by molar-refractivity contribution is 0.482. The molecule has 2 rings (SSSR count). The zero-order valence-corrected chi connectivity index (χ0v) is 8.82. The average Bonchev–Trinajstić information content (AvgIpc) is 2.15. The van der Waals surface area contributed by atoms with E-state index in [1.165, 1.54) is 6.07 Å². The lowest BCUT2D eigenvalue weighted by Crippen LogP contribution is -2.02. The van der Waals surface area contributed by atoms with Crippen molar-refractivity contribution < 1.29 is 13.0 Å². The van der Waals surface area contributed by atoms with Crippen LogP contribution in [-0.2, 0) is 10.1 Å². The molecule has 1 aromatic carbocycles. The Labute approximate surface area is 87.3 Å². The molecule has 0 aliphatic carbocycles. The maximum absolute atomic E-state index is 11.0. The highest BCUT2D eigenvalue weighted by Gasteiger charge is 2.14. The number of fused-ring (bicyclic) bond motifs is 1. The van der Waals surface area contributed by atoms with E-state index in [-0.39, 0.29) is 4.90 Å². The Morgan fingerprint density at radius 3 is 2.60 bits per heavy atom. The summed E-state index contributed by atoms with van der Waals surface area (Å²) in [7, 11) is -4.19. The van der Waals surface area contributed by atoms with E-state index in [4.69, 9.17) is 4.55 Å². The molecule has 0 atom stereocenters. The standard InChI is InChI=1S/C10H9NO3S/c1-7-10(15(12,13)14)6-8-4-2-3-5-9(8)11-7/h2-6H,1H3,(H,12,13,14). The molecule has 0 aliphatic rings.